The molecule has 0 N–H and O–H groups in total. The number of carbonyl (C=O) groups excluding carboxylic acids is 1. The average Bonchev–Trinajstić information content (AvgIpc) is 3.38. The first-order valence-corrected chi connectivity index (χ1v) is 8.92. The standard InChI is InChI=1S/C19H27FN2O2/c1-14(2)11-22(17-7-8-17)19(23)13-21-9-10-24-18(12-21)15-3-5-16(20)6-4-15/h3-6,14,17-18H,7-13H2,1-2H3/t18-/m1/s1. The molecule has 0 aromatic heterocycles. The van der Waals surface area contributed by atoms with Crippen molar-refractivity contribution in [2.24, 2.45) is 5.92 Å². The summed E-state index contributed by atoms with van der Waals surface area (Å²) in [7, 11) is 0. The van der Waals surface area contributed by atoms with E-state index in [1.165, 1.54) is 12.1 Å². The van der Waals surface area contributed by atoms with Gasteiger partial charge in [0.05, 0.1) is 19.3 Å². The van der Waals surface area contributed by atoms with Gasteiger partial charge < -0.3 is 9.64 Å². The minimum Gasteiger partial charge on any atom is -0.371 e. The topological polar surface area (TPSA) is 32.8 Å². The smallest absolute Gasteiger partial charge is 0.237 e. The molecule has 4 nitrogen and oxygen atoms in total. The molecular weight excluding hydrogens is 307 g/mol. The third-order valence-corrected chi connectivity index (χ3v) is 4.62. The molecule has 0 bridgehead atoms. The summed E-state index contributed by atoms with van der Waals surface area (Å²) in [6, 6.07) is 6.90. The van der Waals surface area contributed by atoms with Crippen molar-refractivity contribution in [1.29, 1.82) is 0 Å². The number of rotatable bonds is 6. The number of hydrogen-bond acceptors (Lipinski definition) is 3. The summed E-state index contributed by atoms with van der Waals surface area (Å²) in [6.07, 6.45) is 2.19. The van der Waals surface area contributed by atoms with Gasteiger partial charge in [-0.25, -0.2) is 4.39 Å². The molecule has 3 rings (SSSR count). The highest BCUT2D eigenvalue weighted by molar-refractivity contribution is 5.79. The van der Waals surface area contributed by atoms with Crippen molar-refractivity contribution in [2.75, 3.05) is 32.8 Å². The van der Waals surface area contributed by atoms with Crippen molar-refractivity contribution in [2.45, 2.75) is 38.8 Å². The van der Waals surface area contributed by atoms with Gasteiger partial charge in [-0.15, -0.1) is 0 Å². The van der Waals surface area contributed by atoms with Crippen molar-refractivity contribution in [3.05, 3.63) is 35.6 Å². The van der Waals surface area contributed by atoms with E-state index in [2.05, 4.69) is 23.6 Å². The van der Waals surface area contributed by atoms with Gasteiger partial charge in [-0.05, 0) is 36.5 Å². The summed E-state index contributed by atoms with van der Waals surface area (Å²) >= 11 is 0. The normalized spacial score (nSPS) is 21.9. The van der Waals surface area contributed by atoms with Gasteiger partial charge in [-0.3, -0.25) is 9.69 Å². The Morgan fingerprint density at radius 2 is 2.04 bits per heavy atom. The third kappa shape index (κ3) is 4.54. The van der Waals surface area contributed by atoms with Crippen LogP contribution < -0.4 is 0 Å². The number of nitrogens with zero attached hydrogens (tertiary/aromatic N) is 2. The molecule has 0 unspecified atom stereocenters. The van der Waals surface area contributed by atoms with Crippen LogP contribution in [0.25, 0.3) is 0 Å². The van der Waals surface area contributed by atoms with Gasteiger partial charge >= 0.3 is 0 Å². The first-order chi connectivity index (χ1) is 11.5. The number of ether oxygens (including phenoxy) is 1. The summed E-state index contributed by atoms with van der Waals surface area (Å²) in [5.74, 6) is 0.479. The molecule has 0 radical (unpaired) electrons. The van der Waals surface area contributed by atoms with Gasteiger partial charge in [-0.2, -0.15) is 0 Å². The zero-order valence-corrected chi connectivity index (χ0v) is 14.6. The molecule has 1 aliphatic heterocycles. The number of amides is 1. The summed E-state index contributed by atoms with van der Waals surface area (Å²) in [5, 5.41) is 0. The van der Waals surface area contributed by atoms with Gasteiger partial charge in [-0.1, -0.05) is 26.0 Å². The van der Waals surface area contributed by atoms with Crippen LogP contribution in [0.15, 0.2) is 24.3 Å². The zero-order valence-electron chi connectivity index (χ0n) is 14.6. The number of halogens is 1. The second-order valence-corrected chi connectivity index (χ2v) is 7.32. The molecule has 1 saturated heterocycles. The van der Waals surface area contributed by atoms with E-state index in [1.807, 2.05) is 0 Å². The molecule has 1 amide bonds. The molecule has 24 heavy (non-hydrogen) atoms. The Hall–Kier alpha value is -1.46. The molecule has 2 fully saturated rings. The van der Waals surface area contributed by atoms with E-state index in [1.54, 1.807) is 12.1 Å². The van der Waals surface area contributed by atoms with Gasteiger partial charge in [0.25, 0.3) is 0 Å². The van der Waals surface area contributed by atoms with E-state index in [4.69, 9.17) is 4.74 Å². The van der Waals surface area contributed by atoms with Crippen LogP contribution in [0.2, 0.25) is 0 Å². The molecule has 1 aromatic carbocycles. The van der Waals surface area contributed by atoms with Crippen LogP contribution in [0.3, 0.4) is 0 Å². The number of carbonyl (C=O) groups is 1. The van der Waals surface area contributed by atoms with Crippen molar-refractivity contribution in [1.82, 2.24) is 9.80 Å². The predicted molar refractivity (Wildman–Crippen MR) is 91.1 cm³/mol. The summed E-state index contributed by atoms with van der Waals surface area (Å²) in [5.41, 5.74) is 0.967. The molecule has 132 valence electrons. The monoisotopic (exact) mass is 334 g/mol. The predicted octanol–water partition coefficient (Wildman–Crippen LogP) is 2.85. The summed E-state index contributed by atoms with van der Waals surface area (Å²) < 4.78 is 18.9. The van der Waals surface area contributed by atoms with E-state index in [0.717, 1.165) is 31.5 Å². The highest BCUT2D eigenvalue weighted by Crippen LogP contribution is 2.28. The lowest BCUT2D eigenvalue weighted by molar-refractivity contribution is -0.135. The van der Waals surface area contributed by atoms with Gasteiger partial charge in [0.2, 0.25) is 5.91 Å². The molecule has 0 spiro atoms. The van der Waals surface area contributed by atoms with E-state index >= 15 is 0 Å². The summed E-state index contributed by atoms with van der Waals surface area (Å²) in [6.45, 7) is 7.65. The maximum Gasteiger partial charge on any atom is 0.237 e. The Bertz CT molecular complexity index is 557. The Morgan fingerprint density at radius 3 is 2.67 bits per heavy atom. The highest BCUT2D eigenvalue weighted by Gasteiger charge is 2.34. The fourth-order valence-electron chi connectivity index (χ4n) is 3.24. The van der Waals surface area contributed by atoms with E-state index in [0.29, 0.717) is 31.7 Å². The fraction of sp³-hybridized carbons (Fsp3) is 0.632. The second kappa shape index (κ2) is 7.62. The highest BCUT2D eigenvalue weighted by atomic mass is 19.1. The van der Waals surface area contributed by atoms with Crippen LogP contribution in [0.1, 0.15) is 38.4 Å². The van der Waals surface area contributed by atoms with E-state index in [-0.39, 0.29) is 17.8 Å². The quantitative estimate of drug-likeness (QED) is 0.802. The molecule has 1 heterocycles. The largest absolute Gasteiger partial charge is 0.371 e. The number of morpholine rings is 1. The first-order valence-electron chi connectivity index (χ1n) is 8.92. The minimum absolute atomic E-state index is 0.0911. The van der Waals surface area contributed by atoms with Gasteiger partial charge in [0.1, 0.15) is 5.82 Å². The molecule has 5 heteroatoms. The fourth-order valence-corrected chi connectivity index (χ4v) is 3.24. The Kier molecular flexibility index (Phi) is 5.51. The van der Waals surface area contributed by atoms with Crippen LogP contribution in [0.5, 0.6) is 0 Å². The molecular formula is C19H27FN2O2. The van der Waals surface area contributed by atoms with Crippen molar-refractivity contribution < 1.29 is 13.9 Å². The van der Waals surface area contributed by atoms with Crippen LogP contribution in [-0.2, 0) is 9.53 Å². The maximum atomic E-state index is 13.1. The van der Waals surface area contributed by atoms with Gasteiger partial charge in [0.15, 0.2) is 0 Å². The van der Waals surface area contributed by atoms with Crippen molar-refractivity contribution in [3.8, 4) is 0 Å². The Labute approximate surface area is 143 Å². The lowest BCUT2D eigenvalue weighted by atomic mass is 10.1. The maximum absolute atomic E-state index is 13.1. The lowest BCUT2D eigenvalue weighted by Crippen LogP contribution is -2.47. The molecule has 1 atom stereocenters. The second-order valence-electron chi connectivity index (χ2n) is 7.32. The van der Waals surface area contributed by atoms with Crippen LogP contribution in [0, 0.1) is 11.7 Å². The molecule has 1 saturated carbocycles. The van der Waals surface area contributed by atoms with E-state index < -0.39 is 0 Å². The first kappa shape index (κ1) is 17.4. The summed E-state index contributed by atoms with van der Waals surface area (Å²) in [4.78, 5) is 16.9. The lowest BCUT2D eigenvalue weighted by Gasteiger charge is -2.34. The molecule has 1 aromatic rings. The van der Waals surface area contributed by atoms with Crippen LogP contribution in [0.4, 0.5) is 4.39 Å². The third-order valence-electron chi connectivity index (χ3n) is 4.62. The number of benzene rings is 1. The van der Waals surface area contributed by atoms with Gasteiger partial charge in [0, 0.05) is 25.7 Å². The van der Waals surface area contributed by atoms with Crippen LogP contribution in [-0.4, -0.2) is 54.5 Å². The van der Waals surface area contributed by atoms with Crippen LogP contribution >= 0.6 is 0 Å². The minimum atomic E-state index is -0.240. The van der Waals surface area contributed by atoms with Crippen molar-refractivity contribution >= 4 is 5.91 Å². The Balaban J connectivity index is 1.58. The van der Waals surface area contributed by atoms with Crippen molar-refractivity contribution in [3.63, 3.8) is 0 Å². The SMILES string of the molecule is CC(C)CN(C(=O)CN1CCO[C@@H](c2ccc(F)cc2)C1)C1CC1. The number of hydrogen-bond donors (Lipinski definition) is 0. The Morgan fingerprint density at radius 1 is 1.33 bits per heavy atom. The molecule has 2 aliphatic rings. The zero-order chi connectivity index (χ0) is 17.1. The molecule has 1 aliphatic carbocycles. The average molecular weight is 334 g/mol. The van der Waals surface area contributed by atoms with E-state index in [9.17, 15) is 9.18 Å².